The summed E-state index contributed by atoms with van der Waals surface area (Å²) in [7, 11) is 0. The number of thiophene rings is 1. The molecule has 2 nitrogen and oxygen atoms in total. The van der Waals surface area contributed by atoms with Gasteiger partial charge in [-0.25, -0.2) is 0 Å². The van der Waals surface area contributed by atoms with E-state index in [1.165, 1.54) is 11.3 Å². The number of aliphatic hydroxyl groups excluding tert-OH is 1. The lowest BCUT2D eigenvalue weighted by Gasteiger charge is -2.10. The fraction of sp³-hybridized carbons (Fsp3) is 0.231. The van der Waals surface area contributed by atoms with Gasteiger partial charge in [-0.2, -0.15) is 0 Å². The van der Waals surface area contributed by atoms with Crippen LogP contribution in [0, 0.1) is 0 Å². The molecule has 0 aliphatic carbocycles. The maximum absolute atomic E-state index is 9.92. The summed E-state index contributed by atoms with van der Waals surface area (Å²) in [5.74, 6) is 0. The fourth-order valence-electron chi connectivity index (χ4n) is 1.56. The number of anilines is 1. The minimum absolute atomic E-state index is 0.441. The number of aliphatic hydroxyl groups is 1. The van der Waals surface area contributed by atoms with Gasteiger partial charge in [-0.05, 0) is 30.7 Å². The molecule has 0 aliphatic heterocycles. The van der Waals surface area contributed by atoms with Gasteiger partial charge in [0.15, 0.2) is 0 Å². The Morgan fingerprint density at radius 2 is 1.94 bits per heavy atom. The first-order valence-corrected chi connectivity index (χ1v) is 6.67. The second kappa shape index (κ2) is 6.05. The molecule has 2 aromatic rings. The second-order valence-electron chi connectivity index (χ2n) is 3.74. The fourth-order valence-corrected chi connectivity index (χ4v) is 2.64. The standard InChI is InChI=1S/C13H14ClNOS/c14-13-7-6-12(17-13)11(16)8-9-15-10-4-2-1-3-5-10/h1-7,11,15-16H,8-9H2. The van der Waals surface area contributed by atoms with Crippen molar-refractivity contribution in [1.29, 1.82) is 0 Å². The molecule has 0 saturated heterocycles. The molecule has 1 aromatic carbocycles. The number of para-hydroxylation sites is 1. The molecule has 0 fully saturated rings. The van der Waals surface area contributed by atoms with E-state index in [0.717, 1.165) is 21.4 Å². The quantitative estimate of drug-likeness (QED) is 0.860. The van der Waals surface area contributed by atoms with Gasteiger partial charge >= 0.3 is 0 Å². The molecule has 2 rings (SSSR count). The van der Waals surface area contributed by atoms with E-state index in [-0.39, 0.29) is 0 Å². The summed E-state index contributed by atoms with van der Waals surface area (Å²) in [6, 6.07) is 13.7. The van der Waals surface area contributed by atoms with Crippen molar-refractivity contribution in [2.45, 2.75) is 12.5 Å². The molecule has 0 saturated carbocycles. The van der Waals surface area contributed by atoms with Gasteiger partial charge in [0.25, 0.3) is 0 Å². The SMILES string of the molecule is OC(CCNc1ccccc1)c1ccc(Cl)s1. The van der Waals surface area contributed by atoms with E-state index in [2.05, 4.69) is 5.32 Å². The highest BCUT2D eigenvalue weighted by Crippen LogP contribution is 2.28. The van der Waals surface area contributed by atoms with Crippen molar-refractivity contribution in [2.24, 2.45) is 0 Å². The van der Waals surface area contributed by atoms with Crippen LogP contribution in [0.4, 0.5) is 5.69 Å². The van der Waals surface area contributed by atoms with Crippen molar-refractivity contribution in [1.82, 2.24) is 0 Å². The van der Waals surface area contributed by atoms with Crippen molar-refractivity contribution in [3.05, 3.63) is 51.7 Å². The second-order valence-corrected chi connectivity index (χ2v) is 5.49. The molecule has 0 spiro atoms. The van der Waals surface area contributed by atoms with Crippen LogP contribution >= 0.6 is 22.9 Å². The minimum atomic E-state index is -0.441. The van der Waals surface area contributed by atoms with Crippen molar-refractivity contribution in [3.63, 3.8) is 0 Å². The maximum Gasteiger partial charge on any atom is 0.0932 e. The van der Waals surface area contributed by atoms with Crippen LogP contribution in [0.3, 0.4) is 0 Å². The molecule has 1 unspecified atom stereocenters. The van der Waals surface area contributed by atoms with Crippen LogP contribution in [-0.2, 0) is 0 Å². The first-order valence-electron chi connectivity index (χ1n) is 5.48. The van der Waals surface area contributed by atoms with Crippen LogP contribution in [0.5, 0.6) is 0 Å². The molecular formula is C13H14ClNOS. The molecular weight excluding hydrogens is 254 g/mol. The summed E-state index contributed by atoms with van der Waals surface area (Å²) in [4.78, 5) is 0.921. The molecule has 17 heavy (non-hydrogen) atoms. The Kier molecular flexibility index (Phi) is 4.42. The third kappa shape index (κ3) is 3.73. The summed E-state index contributed by atoms with van der Waals surface area (Å²) in [6.45, 7) is 0.737. The van der Waals surface area contributed by atoms with Crippen LogP contribution in [0.25, 0.3) is 0 Å². The molecule has 0 amide bonds. The van der Waals surface area contributed by atoms with Crippen LogP contribution in [0.2, 0.25) is 4.34 Å². The highest BCUT2D eigenvalue weighted by molar-refractivity contribution is 7.16. The van der Waals surface area contributed by atoms with Gasteiger partial charge in [0.05, 0.1) is 10.4 Å². The smallest absolute Gasteiger partial charge is 0.0932 e. The third-order valence-corrected chi connectivity index (χ3v) is 3.78. The lowest BCUT2D eigenvalue weighted by molar-refractivity contribution is 0.175. The Morgan fingerprint density at radius 1 is 1.18 bits per heavy atom. The van der Waals surface area contributed by atoms with Gasteiger partial charge in [0.2, 0.25) is 0 Å². The Balaban J connectivity index is 1.79. The summed E-state index contributed by atoms with van der Waals surface area (Å²) in [5, 5.41) is 13.2. The van der Waals surface area contributed by atoms with Crippen molar-refractivity contribution in [2.75, 3.05) is 11.9 Å². The highest BCUT2D eigenvalue weighted by atomic mass is 35.5. The third-order valence-electron chi connectivity index (χ3n) is 2.44. The minimum Gasteiger partial charge on any atom is -0.388 e. The van der Waals surface area contributed by atoms with Gasteiger partial charge in [-0.3, -0.25) is 0 Å². The Morgan fingerprint density at radius 3 is 2.59 bits per heavy atom. The predicted molar refractivity (Wildman–Crippen MR) is 73.8 cm³/mol. The van der Waals surface area contributed by atoms with Crippen LogP contribution < -0.4 is 5.32 Å². The van der Waals surface area contributed by atoms with Gasteiger partial charge in [0, 0.05) is 17.1 Å². The maximum atomic E-state index is 9.92. The molecule has 1 atom stereocenters. The number of hydrogen-bond donors (Lipinski definition) is 2. The van der Waals surface area contributed by atoms with Gasteiger partial charge in [-0.1, -0.05) is 29.8 Å². The van der Waals surface area contributed by atoms with E-state index in [1.807, 2.05) is 42.5 Å². The van der Waals surface area contributed by atoms with Crippen LogP contribution in [0.15, 0.2) is 42.5 Å². The Labute approximate surface area is 110 Å². The number of halogens is 1. The van der Waals surface area contributed by atoms with Gasteiger partial charge in [0.1, 0.15) is 0 Å². The lowest BCUT2D eigenvalue weighted by atomic mass is 10.2. The van der Waals surface area contributed by atoms with Crippen molar-refractivity contribution >= 4 is 28.6 Å². The van der Waals surface area contributed by atoms with Gasteiger partial charge in [-0.15, -0.1) is 11.3 Å². The first-order chi connectivity index (χ1) is 8.25. The predicted octanol–water partition coefficient (Wildman–Crippen LogP) is 3.94. The molecule has 1 heterocycles. The topological polar surface area (TPSA) is 32.3 Å². The summed E-state index contributed by atoms with van der Waals surface area (Å²) < 4.78 is 0.718. The zero-order valence-electron chi connectivity index (χ0n) is 9.27. The van der Waals surface area contributed by atoms with Crippen molar-refractivity contribution in [3.8, 4) is 0 Å². The Bertz CT molecular complexity index is 457. The van der Waals surface area contributed by atoms with E-state index in [4.69, 9.17) is 11.6 Å². The molecule has 2 N–H and O–H groups in total. The molecule has 0 radical (unpaired) electrons. The zero-order chi connectivity index (χ0) is 12.1. The molecule has 1 aromatic heterocycles. The molecule has 4 heteroatoms. The highest BCUT2D eigenvalue weighted by Gasteiger charge is 2.09. The molecule has 0 aliphatic rings. The van der Waals surface area contributed by atoms with Crippen molar-refractivity contribution < 1.29 is 5.11 Å². The largest absolute Gasteiger partial charge is 0.388 e. The van der Waals surface area contributed by atoms with E-state index in [0.29, 0.717) is 6.42 Å². The summed E-state index contributed by atoms with van der Waals surface area (Å²) in [6.07, 6.45) is 0.231. The summed E-state index contributed by atoms with van der Waals surface area (Å²) in [5.41, 5.74) is 1.07. The molecule has 0 bridgehead atoms. The number of hydrogen-bond acceptors (Lipinski definition) is 3. The normalized spacial score (nSPS) is 12.4. The number of nitrogens with one attached hydrogen (secondary N) is 1. The van der Waals surface area contributed by atoms with Crippen LogP contribution in [0.1, 0.15) is 17.4 Å². The monoisotopic (exact) mass is 267 g/mol. The van der Waals surface area contributed by atoms with E-state index < -0.39 is 6.10 Å². The van der Waals surface area contributed by atoms with E-state index in [9.17, 15) is 5.11 Å². The summed E-state index contributed by atoms with van der Waals surface area (Å²) >= 11 is 7.26. The van der Waals surface area contributed by atoms with E-state index >= 15 is 0 Å². The van der Waals surface area contributed by atoms with Gasteiger partial charge < -0.3 is 10.4 Å². The number of benzene rings is 1. The number of rotatable bonds is 5. The molecule has 90 valence electrons. The zero-order valence-corrected chi connectivity index (χ0v) is 10.8. The average Bonchev–Trinajstić information content (AvgIpc) is 2.77. The first kappa shape index (κ1) is 12.4. The average molecular weight is 268 g/mol. The Hall–Kier alpha value is -1.03. The van der Waals surface area contributed by atoms with E-state index in [1.54, 1.807) is 0 Å². The van der Waals surface area contributed by atoms with Crippen LogP contribution in [-0.4, -0.2) is 11.7 Å². The lowest BCUT2D eigenvalue weighted by Crippen LogP contribution is -2.06.